The fraction of sp³-hybridized carbons (Fsp3) is 0.0870. The largest absolute Gasteiger partial charge is 0.508 e. The Hall–Kier alpha value is -3.53. The van der Waals surface area contributed by atoms with E-state index in [2.05, 4.69) is 42.9 Å². The van der Waals surface area contributed by atoms with Crippen molar-refractivity contribution in [2.75, 3.05) is 0 Å². The van der Waals surface area contributed by atoms with Crippen molar-refractivity contribution in [3.63, 3.8) is 0 Å². The first-order valence-corrected chi connectivity index (χ1v) is 8.90. The van der Waals surface area contributed by atoms with Crippen molar-refractivity contribution in [2.24, 2.45) is 7.05 Å². The van der Waals surface area contributed by atoms with Gasteiger partial charge in [0.05, 0.1) is 5.56 Å². The van der Waals surface area contributed by atoms with Crippen LogP contribution < -0.4 is 9.30 Å². The summed E-state index contributed by atoms with van der Waals surface area (Å²) in [7, 11) is 2.06. The second kappa shape index (κ2) is 4.80. The van der Waals surface area contributed by atoms with Gasteiger partial charge in [-0.1, -0.05) is 12.1 Å². The third-order valence-electron chi connectivity index (χ3n) is 5.49. The number of fused-ring (bicyclic) bond motifs is 6. The van der Waals surface area contributed by atoms with Crippen LogP contribution in [0.15, 0.2) is 59.1 Å². The van der Waals surface area contributed by atoms with Gasteiger partial charge in [-0.05, 0) is 36.8 Å². The standard InChI is InChI=1S/C23H15NO3/c1-12-4-3-5-17-20(12)22-21-15(8-9-24(22)2)23-16(11-19(21)26-17)14-7-6-13(25)10-18(14)27-23/h3-11H,1-2H3/p+1. The summed E-state index contributed by atoms with van der Waals surface area (Å²) in [5, 5.41) is 13.8. The van der Waals surface area contributed by atoms with Crippen molar-refractivity contribution in [1.29, 1.82) is 0 Å². The van der Waals surface area contributed by atoms with Crippen molar-refractivity contribution in [3.8, 4) is 28.5 Å². The summed E-state index contributed by atoms with van der Waals surface area (Å²) in [4.78, 5) is 0. The number of phenols is 1. The molecule has 2 aromatic heterocycles. The van der Waals surface area contributed by atoms with Crippen LogP contribution in [0.1, 0.15) is 5.56 Å². The molecule has 0 saturated carbocycles. The number of phenolic OH excluding ortho intramolecular Hbond substituents is 1. The van der Waals surface area contributed by atoms with Crippen LogP contribution >= 0.6 is 0 Å². The zero-order valence-corrected chi connectivity index (χ0v) is 14.9. The lowest BCUT2D eigenvalue weighted by atomic mass is 9.94. The normalized spacial score (nSPS) is 12.5. The molecular weight excluding hydrogens is 338 g/mol. The first-order chi connectivity index (χ1) is 13.1. The Labute approximate surface area is 154 Å². The Morgan fingerprint density at radius 2 is 1.81 bits per heavy atom. The number of hydrogen-bond donors (Lipinski definition) is 1. The van der Waals surface area contributed by atoms with Crippen molar-refractivity contribution < 1.29 is 18.8 Å². The van der Waals surface area contributed by atoms with E-state index in [1.165, 1.54) is 5.56 Å². The first kappa shape index (κ1) is 14.6. The summed E-state index contributed by atoms with van der Waals surface area (Å²) in [5.74, 6) is 1.90. The molecule has 0 fully saturated rings. The summed E-state index contributed by atoms with van der Waals surface area (Å²) >= 11 is 0. The number of aryl methyl sites for hydroxylation is 2. The molecule has 0 radical (unpaired) electrons. The molecule has 4 nitrogen and oxygen atoms in total. The lowest BCUT2D eigenvalue weighted by Gasteiger charge is -2.20. The zero-order valence-electron chi connectivity index (χ0n) is 14.9. The Balaban J connectivity index is 1.86. The number of hydrogen-bond acceptors (Lipinski definition) is 3. The maximum Gasteiger partial charge on any atom is 0.228 e. The van der Waals surface area contributed by atoms with E-state index < -0.39 is 0 Å². The van der Waals surface area contributed by atoms with Gasteiger partial charge in [0.2, 0.25) is 5.69 Å². The van der Waals surface area contributed by atoms with E-state index in [1.54, 1.807) is 12.1 Å². The molecule has 27 heavy (non-hydrogen) atoms. The number of pyridine rings is 1. The van der Waals surface area contributed by atoms with Crippen LogP contribution in [0, 0.1) is 6.92 Å². The number of nitrogens with zero attached hydrogens (tertiary/aromatic N) is 1. The summed E-state index contributed by atoms with van der Waals surface area (Å²) in [5.41, 5.74) is 4.91. The molecule has 3 heterocycles. The van der Waals surface area contributed by atoms with Gasteiger partial charge in [-0.25, -0.2) is 4.57 Å². The maximum absolute atomic E-state index is 9.82. The van der Waals surface area contributed by atoms with Crippen molar-refractivity contribution in [3.05, 3.63) is 60.3 Å². The van der Waals surface area contributed by atoms with Crippen LogP contribution in [0.3, 0.4) is 0 Å². The topological polar surface area (TPSA) is 46.5 Å². The van der Waals surface area contributed by atoms with E-state index >= 15 is 0 Å². The van der Waals surface area contributed by atoms with Crippen molar-refractivity contribution in [1.82, 2.24) is 0 Å². The van der Waals surface area contributed by atoms with Crippen LogP contribution in [0.4, 0.5) is 0 Å². The minimum Gasteiger partial charge on any atom is -0.508 e. The molecule has 1 aliphatic heterocycles. The summed E-state index contributed by atoms with van der Waals surface area (Å²) in [6, 6.07) is 15.5. The summed E-state index contributed by atoms with van der Waals surface area (Å²) in [6.07, 6.45) is 2.06. The molecule has 1 N–H and O–H groups in total. The quantitative estimate of drug-likeness (QED) is 0.374. The van der Waals surface area contributed by atoms with Gasteiger partial charge in [0, 0.05) is 28.3 Å². The van der Waals surface area contributed by atoms with Crippen LogP contribution in [-0.4, -0.2) is 5.11 Å². The number of benzene rings is 3. The molecule has 0 atom stereocenters. The Morgan fingerprint density at radius 3 is 2.70 bits per heavy atom. The van der Waals surface area contributed by atoms with E-state index in [-0.39, 0.29) is 5.75 Å². The third kappa shape index (κ3) is 1.79. The van der Waals surface area contributed by atoms with Crippen LogP contribution in [-0.2, 0) is 7.05 Å². The average Bonchev–Trinajstić information content (AvgIpc) is 3.00. The molecule has 0 spiro atoms. The summed E-state index contributed by atoms with van der Waals surface area (Å²) in [6.45, 7) is 2.11. The molecule has 0 aliphatic carbocycles. The van der Waals surface area contributed by atoms with Gasteiger partial charge >= 0.3 is 0 Å². The predicted molar refractivity (Wildman–Crippen MR) is 104 cm³/mol. The molecule has 0 bridgehead atoms. The van der Waals surface area contributed by atoms with E-state index in [4.69, 9.17) is 9.15 Å². The third-order valence-corrected chi connectivity index (χ3v) is 5.49. The molecule has 6 rings (SSSR count). The Kier molecular flexibility index (Phi) is 2.60. The molecule has 0 unspecified atom stereocenters. The summed E-state index contributed by atoms with van der Waals surface area (Å²) < 4.78 is 14.6. The number of aromatic nitrogens is 1. The molecule has 5 aromatic rings. The van der Waals surface area contributed by atoms with Gasteiger partial charge in [0.25, 0.3) is 0 Å². The molecule has 130 valence electrons. The zero-order chi connectivity index (χ0) is 18.3. The second-order valence-corrected chi connectivity index (χ2v) is 7.15. The molecule has 0 amide bonds. The molecular formula is C23H16NO3+. The van der Waals surface area contributed by atoms with Gasteiger partial charge in [-0.15, -0.1) is 0 Å². The van der Waals surface area contributed by atoms with Gasteiger partial charge in [-0.2, -0.15) is 0 Å². The smallest absolute Gasteiger partial charge is 0.228 e. The predicted octanol–water partition coefficient (Wildman–Crippen LogP) is 5.35. The van der Waals surface area contributed by atoms with Gasteiger partial charge in [0.15, 0.2) is 6.20 Å². The van der Waals surface area contributed by atoms with Crippen LogP contribution in [0.25, 0.3) is 44.0 Å². The van der Waals surface area contributed by atoms with Crippen LogP contribution in [0.5, 0.6) is 17.2 Å². The lowest BCUT2D eigenvalue weighted by Crippen LogP contribution is -2.31. The molecule has 1 aliphatic rings. The Bertz CT molecular complexity index is 1430. The minimum atomic E-state index is 0.196. The number of rotatable bonds is 0. The highest BCUT2D eigenvalue weighted by molar-refractivity contribution is 6.19. The molecule has 0 saturated heterocycles. The highest BCUT2D eigenvalue weighted by Crippen LogP contribution is 2.49. The monoisotopic (exact) mass is 354 g/mol. The van der Waals surface area contributed by atoms with Crippen molar-refractivity contribution >= 4 is 32.7 Å². The average molecular weight is 354 g/mol. The van der Waals surface area contributed by atoms with Gasteiger partial charge < -0.3 is 14.3 Å². The van der Waals surface area contributed by atoms with E-state index in [0.717, 1.165) is 49.9 Å². The minimum absolute atomic E-state index is 0.196. The SMILES string of the molecule is Cc1cccc2c1-c1c3c(cc4c5ccc(O)cc5oc4c3cc[n+]1C)O2. The number of ether oxygens (including phenoxy) is 1. The fourth-order valence-electron chi connectivity index (χ4n) is 4.27. The van der Waals surface area contributed by atoms with Gasteiger partial charge in [-0.3, -0.25) is 0 Å². The highest BCUT2D eigenvalue weighted by Gasteiger charge is 2.30. The number of aromatic hydroxyl groups is 1. The van der Waals surface area contributed by atoms with Gasteiger partial charge in [0.1, 0.15) is 40.8 Å². The Morgan fingerprint density at radius 1 is 0.926 bits per heavy atom. The van der Waals surface area contributed by atoms with E-state index in [9.17, 15) is 5.11 Å². The number of furan rings is 1. The second-order valence-electron chi connectivity index (χ2n) is 7.15. The lowest BCUT2D eigenvalue weighted by molar-refractivity contribution is -0.659. The maximum atomic E-state index is 9.82. The van der Waals surface area contributed by atoms with Crippen LogP contribution in [0.2, 0.25) is 0 Å². The van der Waals surface area contributed by atoms with E-state index in [1.807, 2.05) is 18.2 Å². The first-order valence-electron chi connectivity index (χ1n) is 8.90. The van der Waals surface area contributed by atoms with Crippen molar-refractivity contribution in [2.45, 2.75) is 6.92 Å². The fourth-order valence-corrected chi connectivity index (χ4v) is 4.27. The van der Waals surface area contributed by atoms with E-state index in [0.29, 0.717) is 5.58 Å². The molecule has 4 heteroatoms. The highest BCUT2D eigenvalue weighted by atomic mass is 16.5. The molecule has 3 aromatic carbocycles.